The average molecular weight is 380 g/mol. The van der Waals surface area contributed by atoms with Crippen molar-refractivity contribution in [1.82, 2.24) is 4.90 Å². The lowest BCUT2D eigenvalue weighted by Crippen LogP contribution is -2.32. The fraction of sp³-hybridized carbons (Fsp3) is 0.278. The van der Waals surface area contributed by atoms with E-state index in [9.17, 15) is 4.79 Å². The van der Waals surface area contributed by atoms with Crippen molar-refractivity contribution in [2.75, 3.05) is 19.6 Å². The number of carboxylic acid groups (broad SMARTS) is 1. The van der Waals surface area contributed by atoms with Gasteiger partial charge in [-0.25, -0.2) is 4.79 Å². The normalized spacial score (nSPS) is 16.2. The summed E-state index contributed by atoms with van der Waals surface area (Å²) >= 11 is 9.68. The molecular weight excluding hydrogens is 362 g/mol. The number of carbonyl (C=O) groups is 1. The van der Waals surface area contributed by atoms with Gasteiger partial charge in [0.15, 0.2) is 0 Å². The number of aliphatic carboxylic acids is 1. The van der Waals surface area contributed by atoms with E-state index in [2.05, 4.69) is 22.4 Å². The molecule has 126 valence electrons. The predicted octanol–water partition coefficient (Wildman–Crippen LogP) is 5.00. The van der Waals surface area contributed by atoms with Gasteiger partial charge in [0, 0.05) is 35.7 Å². The highest BCUT2D eigenvalue weighted by molar-refractivity contribution is 7.14. The van der Waals surface area contributed by atoms with Gasteiger partial charge in [-0.3, -0.25) is 4.90 Å². The van der Waals surface area contributed by atoms with Crippen LogP contribution in [-0.2, 0) is 4.79 Å². The van der Waals surface area contributed by atoms with E-state index in [0.29, 0.717) is 12.1 Å². The highest BCUT2D eigenvalue weighted by Crippen LogP contribution is 2.36. The molecule has 0 spiro atoms. The van der Waals surface area contributed by atoms with Gasteiger partial charge in [0.05, 0.1) is 9.90 Å². The van der Waals surface area contributed by atoms with Crippen molar-refractivity contribution in [3.63, 3.8) is 0 Å². The highest BCUT2D eigenvalue weighted by Gasteiger charge is 2.17. The Hall–Kier alpha value is -1.40. The number of hydrogen-bond acceptors (Lipinski definition) is 4. The number of carboxylic acids is 1. The zero-order chi connectivity index (χ0) is 16.9. The minimum Gasteiger partial charge on any atom is -0.478 e. The van der Waals surface area contributed by atoms with Crippen LogP contribution in [0, 0.1) is 0 Å². The Morgan fingerprint density at radius 1 is 1.33 bits per heavy atom. The molecular formula is C18H18ClNO2S2. The minimum atomic E-state index is -0.806. The van der Waals surface area contributed by atoms with Crippen LogP contribution in [0.2, 0.25) is 5.02 Å². The van der Waals surface area contributed by atoms with Gasteiger partial charge < -0.3 is 5.11 Å². The van der Waals surface area contributed by atoms with Crippen LogP contribution in [0.4, 0.5) is 0 Å². The summed E-state index contributed by atoms with van der Waals surface area (Å²) < 4.78 is 0. The molecule has 0 radical (unpaired) electrons. The van der Waals surface area contributed by atoms with Crippen LogP contribution in [0.3, 0.4) is 0 Å². The average Bonchev–Trinajstić information content (AvgIpc) is 3.24. The van der Waals surface area contributed by atoms with Crippen molar-refractivity contribution in [3.05, 3.63) is 61.5 Å². The van der Waals surface area contributed by atoms with E-state index in [1.54, 1.807) is 22.7 Å². The third-order valence-corrected chi connectivity index (χ3v) is 6.22. The minimum absolute atomic E-state index is 0.505. The molecule has 0 aromatic carbocycles. The Labute approximate surface area is 154 Å². The summed E-state index contributed by atoms with van der Waals surface area (Å²) in [4.78, 5) is 15.6. The van der Waals surface area contributed by atoms with Crippen molar-refractivity contribution in [2.45, 2.75) is 12.8 Å². The largest absolute Gasteiger partial charge is 0.478 e. The summed E-state index contributed by atoms with van der Waals surface area (Å²) in [5.74, 6) is -0.806. The Morgan fingerprint density at radius 3 is 2.88 bits per heavy atom. The van der Waals surface area contributed by atoms with E-state index >= 15 is 0 Å². The fourth-order valence-corrected chi connectivity index (χ4v) is 4.82. The molecule has 3 nitrogen and oxygen atoms in total. The van der Waals surface area contributed by atoms with Crippen molar-refractivity contribution < 1.29 is 9.90 Å². The van der Waals surface area contributed by atoms with Crippen LogP contribution in [0.1, 0.15) is 22.6 Å². The van der Waals surface area contributed by atoms with Gasteiger partial charge in [0.1, 0.15) is 0 Å². The van der Waals surface area contributed by atoms with E-state index in [0.717, 1.165) is 35.8 Å². The van der Waals surface area contributed by atoms with Crippen molar-refractivity contribution in [2.24, 2.45) is 0 Å². The van der Waals surface area contributed by atoms with Crippen molar-refractivity contribution in [3.8, 4) is 0 Å². The molecule has 0 fully saturated rings. The van der Waals surface area contributed by atoms with Crippen molar-refractivity contribution in [1.29, 1.82) is 0 Å². The molecule has 0 bridgehead atoms. The van der Waals surface area contributed by atoms with Gasteiger partial charge in [-0.1, -0.05) is 29.8 Å². The molecule has 0 saturated heterocycles. The van der Waals surface area contributed by atoms with Crippen LogP contribution in [0.15, 0.2) is 46.7 Å². The maximum Gasteiger partial charge on any atom is 0.332 e. The van der Waals surface area contributed by atoms with E-state index < -0.39 is 5.97 Å². The molecule has 0 atom stereocenters. The first kappa shape index (κ1) is 17.4. The predicted molar refractivity (Wildman–Crippen MR) is 102 cm³/mol. The van der Waals surface area contributed by atoms with Crippen LogP contribution in [0.25, 0.3) is 5.57 Å². The lowest BCUT2D eigenvalue weighted by Gasteiger charge is -2.25. The fourth-order valence-electron chi connectivity index (χ4n) is 2.77. The molecule has 1 N–H and O–H groups in total. The number of rotatable bonds is 6. The van der Waals surface area contributed by atoms with E-state index in [1.807, 2.05) is 23.6 Å². The number of thiophene rings is 2. The highest BCUT2D eigenvalue weighted by atomic mass is 35.5. The van der Waals surface area contributed by atoms with Crippen molar-refractivity contribution >= 4 is 45.8 Å². The summed E-state index contributed by atoms with van der Waals surface area (Å²) in [6, 6.07) is 6.08. The summed E-state index contributed by atoms with van der Waals surface area (Å²) in [7, 11) is 0. The third-order valence-electron chi connectivity index (χ3n) is 3.95. The van der Waals surface area contributed by atoms with Gasteiger partial charge >= 0.3 is 5.97 Å². The van der Waals surface area contributed by atoms with Gasteiger partial charge in [-0.15, -0.1) is 22.7 Å². The monoisotopic (exact) mass is 379 g/mol. The number of hydrogen-bond donors (Lipinski definition) is 1. The number of halogens is 1. The van der Waals surface area contributed by atoms with E-state index in [4.69, 9.17) is 16.7 Å². The standard InChI is InChI=1S/C18H18ClNO2S2/c19-15-7-11-24-17(15)14(16-6-3-10-23-16)5-2-9-20-8-1-4-13(12-20)18(21)22/h3-7,10-11H,1-2,8-9,12H2,(H,21,22). The summed E-state index contributed by atoms with van der Waals surface area (Å²) in [5.41, 5.74) is 1.68. The molecule has 0 amide bonds. The molecule has 1 aliphatic rings. The quantitative estimate of drug-likeness (QED) is 0.767. The molecule has 3 heterocycles. The number of nitrogens with zero attached hydrogens (tertiary/aromatic N) is 1. The molecule has 2 aromatic rings. The maximum absolute atomic E-state index is 11.1. The lowest BCUT2D eigenvalue weighted by molar-refractivity contribution is -0.133. The zero-order valence-electron chi connectivity index (χ0n) is 13.1. The SMILES string of the molecule is O=C(O)C1=CCCN(CCC=C(c2cccs2)c2sccc2Cl)C1. The molecule has 1 aliphatic heterocycles. The maximum atomic E-state index is 11.1. The Bertz CT molecular complexity index is 762. The second kappa shape index (κ2) is 8.12. The first-order valence-electron chi connectivity index (χ1n) is 7.77. The first-order valence-corrected chi connectivity index (χ1v) is 9.91. The molecule has 2 aromatic heterocycles. The van der Waals surface area contributed by atoms with Gasteiger partial charge in [0.2, 0.25) is 0 Å². The smallest absolute Gasteiger partial charge is 0.332 e. The summed E-state index contributed by atoms with van der Waals surface area (Å²) in [6.45, 7) is 2.29. The Balaban J connectivity index is 1.70. The lowest BCUT2D eigenvalue weighted by atomic mass is 10.1. The van der Waals surface area contributed by atoms with Crippen LogP contribution in [-0.4, -0.2) is 35.6 Å². The summed E-state index contributed by atoms with van der Waals surface area (Å²) in [5, 5.41) is 14.0. The topological polar surface area (TPSA) is 40.5 Å². The van der Waals surface area contributed by atoms with Gasteiger partial charge in [-0.05, 0) is 35.7 Å². The van der Waals surface area contributed by atoms with Crippen LogP contribution in [0.5, 0.6) is 0 Å². The van der Waals surface area contributed by atoms with Crippen LogP contribution >= 0.6 is 34.3 Å². The molecule has 6 heteroatoms. The Morgan fingerprint density at radius 2 is 2.21 bits per heavy atom. The first-order chi connectivity index (χ1) is 11.6. The van der Waals surface area contributed by atoms with Crippen LogP contribution < -0.4 is 0 Å². The third kappa shape index (κ3) is 4.16. The van der Waals surface area contributed by atoms with E-state index in [1.165, 1.54) is 10.5 Å². The molecule has 24 heavy (non-hydrogen) atoms. The second-order valence-electron chi connectivity index (χ2n) is 5.58. The molecule has 0 unspecified atom stereocenters. The second-order valence-corrected chi connectivity index (χ2v) is 7.85. The van der Waals surface area contributed by atoms with E-state index in [-0.39, 0.29) is 0 Å². The molecule has 3 rings (SSSR count). The molecule has 0 aliphatic carbocycles. The van der Waals surface area contributed by atoms with Gasteiger partial charge in [-0.2, -0.15) is 0 Å². The summed E-state index contributed by atoms with van der Waals surface area (Å²) in [6.07, 6.45) is 5.73. The molecule has 0 saturated carbocycles. The zero-order valence-corrected chi connectivity index (χ0v) is 15.5. The van der Waals surface area contributed by atoms with Gasteiger partial charge in [0.25, 0.3) is 0 Å². The Kier molecular flexibility index (Phi) is 5.89.